The Bertz CT molecular complexity index is 1420. The van der Waals surface area contributed by atoms with Crippen LogP contribution in [0.2, 0.25) is 0 Å². The van der Waals surface area contributed by atoms with Gasteiger partial charge in [0.25, 0.3) is 0 Å². The first-order valence-electron chi connectivity index (χ1n) is 10.6. The van der Waals surface area contributed by atoms with Gasteiger partial charge < -0.3 is 24.3 Å². The third-order valence-electron chi connectivity index (χ3n) is 5.61. The van der Waals surface area contributed by atoms with E-state index in [9.17, 15) is 13.5 Å². The summed E-state index contributed by atoms with van der Waals surface area (Å²) in [6.07, 6.45) is 0.325. The van der Waals surface area contributed by atoms with E-state index in [1.54, 1.807) is 18.2 Å². The minimum absolute atomic E-state index is 0.0525. The number of aliphatic hydroxyl groups excluding tert-OH is 1. The first kappa shape index (κ1) is 21.6. The zero-order chi connectivity index (χ0) is 23.0. The van der Waals surface area contributed by atoms with Crippen LogP contribution in [0.25, 0.3) is 21.9 Å². The summed E-state index contributed by atoms with van der Waals surface area (Å²) in [6.45, 7) is 1.19. The van der Waals surface area contributed by atoms with Gasteiger partial charge in [-0.2, -0.15) is 0 Å². The molecule has 3 aromatic carbocycles. The van der Waals surface area contributed by atoms with E-state index >= 15 is 0 Å². The summed E-state index contributed by atoms with van der Waals surface area (Å²) in [5, 5.41) is 15.8. The van der Waals surface area contributed by atoms with Crippen LogP contribution in [0.15, 0.2) is 65.1 Å². The number of nitrogens with zero attached hydrogens (tertiary/aromatic N) is 1. The Morgan fingerprint density at radius 1 is 1.09 bits per heavy atom. The van der Waals surface area contributed by atoms with Gasteiger partial charge in [-0.05, 0) is 35.9 Å². The van der Waals surface area contributed by atoms with Gasteiger partial charge in [-0.25, -0.2) is 12.7 Å². The number of hydrogen-bond acceptors (Lipinski definition) is 7. The lowest BCUT2D eigenvalue weighted by Crippen LogP contribution is -2.29. The molecule has 8 nitrogen and oxygen atoms in total. The summed E-state index contributed by atoms with van der Waals surface area (Å²) < 4.78 is 42.1. The first-order valence-corrected chi connectivity index (χ1v) is 12.4. The number of anilines is 1. The van der Waals surface area contributed by atoms with E-state index in [0.717, 1.165) is 28.2 Å². The van der Waals surface area contributed by atoms with Gasteiger partial charge in [0.2, 0.25) is 10.0 Å². The second-order valence-electron chi connectivity index (χ2n) is 7.94. The molecule has 0 radical (unpaired) electrons. The van der Waals surface area contributed by atoms with Crippen LogP contribution in [0, 0.1) is 0 Å². The zero-order valence-electron chi connectivity index (χ0n) is 18.0. The fourth-order valence-corrected chi connectivity index (χ4v) is 4.67. The maximum Gasteiger partial charge on any atom is 0.235 e. The van der Waals surface area contributed by atoms with Crippen molar-refractivity contribution in [2.45, 2.75) is 6.10 Å². The fraction of sp³-hybridized carbons (Fsp3) is 0.250. The molecule has 2 N–H and O–H groups in total. The average Bonchev–Trinajstić information content (AvgIpc) is 3.39. The molecule has 33 heavy (non-hydrogen) atoms. The predicted octanol–water partition coefficient (Wildman–Crippen LogP) is 3.40. The summed E-state index contributed by atoms with van der Waals surface area (Å²) in [7, 11) is -3.44. The van der Waals surface area contributed by atoms with Crippen molar-refractivity contribution in [2.24, 2.45) is 0 Å². The molecule has 1 aliphatic heterocycles. The van der Waals surface area contributed by atoms with Crippen LogP contribution in [-0.2, 0) is 10.0 Å². The van der Waals surface area contributed by atoms with Crippen LogP contribution in [0.1, 0.15) is 11.7 Å². The Kier molecular flexibility index (Phi) is 5.61. The molecule has 0 saturated heterocycles. The van der Waals surface area contributed by atoms with Crippen molar-refractivity contribution in [3.63, 3.8) is 0 Å². The predicted molar refractivity (Wildman–Crippen MR) is 126 cm³/mol. The van der Waals surface area contributed by atoms with Gasteiger partial charge in [-0.1, -0.05) is 24.3 Å². The van der Waals surface area contributed by atoms with Crippen LogP contribution >= 0.6 is 0 Å². The maximum absolute atomic E-state index is 11.9. The van der Waals surface area contributed by atoms with Crippen LogP contribution in [0.4, 0.5) is 5.69 Å². The molecular weight excluding hydrogens is 444 g/mol. The lowest BCUT2D eigenvalue weighted by Gasteiger charge is -2.16. The number of fused-ring (bicyclic) bond motifs is 4. The highest BCUT2D eigenvalue weighted by atomic mass is 32.2. The van der Waals surface area contributed by atoms with E-state index in [1.807, 2.05) is 42.5 Å². The minimum Gasteiger partial charge on any atom is -0.492 e. The number of benzene rings is 3. The number of nitrogens with one attached hydrogen (secondary N) is 1. The van der Waals surface area contributed by atoms with Crippen molar-refractivity contribution < 1.29 is 27.4 Å². The van der Waals surface area contributed by atoms with Gasteiger partial charge in [0.1, 0.15) is 29.3 Å². The largest absolute Gasteiger partial charge is 0.492 e. The van der Waals surface area contributed by atoms with Crippen LogP contribution < -0.4 is 19.1 Å². The number of para-hydroxylation sites is 1. The van der Waals surface area contributed by atoms with Crippen LogP contribution in [0.5, 0.6) is 11.5 Å². The highest BCUT2D eigenvalue weighted by Crippen LogP contribution is 2.37. The summed E-state index contributed by atoms with van der Waals surface area (Å²) in [4.78, 5) is 0. The van der Waals surface area contributed by atoms with Crippen molar-refractivity contribution >= 4 is 37.6 Å². The van der Waals surface area contributed by atoms with Crippen LogP contribution in [0.3, 0.4) is 0 Å². The Labute approximate surface area is 191 Å². The molecule has 0 aliphatic carbocycles. The topological polar surface area (TPSA) is 101 Å². The molecule has 0 fully saturated rings. The van der Waals surface area contributed by atoms with E-state index in [1.165, 1.54) is 4.31 Å². The quantitative estimate of drug-likeness (QED) is 0.382. The molecule has 0 saturated carbocycles. The number of hydrogen-bond donors (Lipinski definition) is 2. The molecule has 0 bridgehead atoms. The normalized spacial score (nSPS) is 14.4. The number of rotatable bonds is 8. The number of furan rings is 1. The molecule has 0 spiro atoms. The molecule has 9 heteroatoms. The van der Waals surface area contributed by atoms with Gasteiger partial charge in [0, 0.05) is 29.9 Å². The van der Waals surface area contributed by atoms with Crippen molar-refractivity contribution in [1.82, 2.24) is 5.32 Å². The molecule has 0 amide bonds. The first-order chi connectivity index (χ1) is 15.9. The lowest BCUT2D eigenvalue weighted by molar-refractivity contribution is 0.172. The highest BCUT2D eigenvalue weighted by molar-refractivity contribution is 7.92. The Balaban J connectivity index is 1.15. The van der Waals surface area contributed by atoms with E-state index < -0.39 is 16.1 Å². The Morgan fingerprint density at radius 3 is 2.76 bits per heavy atom. The standard InChI is InChI=1S/C24H24N2O6S/c1-33(28,29)26-15-31-23-9-6-16(12-20(23)26)21(27)14-25-10-11-30-17-7-8-19-18-4-2-3-5-22(18)32-24(19)13-17/h2-9,12-13,21,25,27H,10-11,14-15H2,1H3. The van der Waals surface area contributed by atoms with Crippen molar-refractivity contribution in [1.29, 1.82) is 0 Å². The summed E-state index contributed by atoms with van der Waals surface area (Å²) in [5.74, 6) is 1.20. The molecule has 1 atom stereocenters. The summed E-state index contributed by atoms with van der Waals surface area (Å²) in [6, 6.07) is 18.7. The molecule has 172 valence electrons. The summed E-state index contributed by atoms with van der Waals surface area (Å²) >= 11 is 0. The summed E-state index contributed by atoms with van der Waals surface area (Å²) in [5.41, 5.74) is 2.67. The third-order valence-corrected chi connectivity index (χ3v) is 6.71. The van der Waals surface area contributed by atoms with E-state index in [-0.39, 0.29) is 6.73 Å². The van der Waals surface area contributed by atoms with E-state index in [4.69, 9.17) is 13.9 Å². The zero-order valence-corrected chi connectivity index (χ0v) is 18.8. The fourth-order valence-electron chi connectivity index (χ4n) is 3.92. The molecule has 1 aromatic heterocycles. The van der Waals surface area contributed by atoms with E-state index in [2.05, 4.69) is 5.32 Å². The maximum atomic E-state index is 11.9. The minimum atomic E-state index is -3.44. The third kappa shape index (κ3) is 4.35. The smallest absolute Gasteiger partial charge is 0.235 e. The number of ether oxygens (including phenoxy) is 2. The van der Waals surface area contributed by atoms with Gasteiger partial charge in [0.15, 0.2) is 6.73 Å². The second kappa shape index (κ2) is 8.58. The second-order valence-corrected chi connectivity index (χ2v) is 9.84. The molecule has 2 heterocycles. The molecule has 1 unspecified atom stereocenters. The Hall–Kier alpha value is -3.27. The van der Waals surface area contributed by atoms with E-state index in [0.29, 0.717) is 42.4 Å². The van der Waals surface area contributed by atoms with Crippen molar-refractivity contribution in [2.75, 3.05) is 37.0 Å². The van der Waals surface area contributed by atoms with Crippen LogP contribution in [-0.4, -0.2) is 46.2 Å². The lowest BCUT2D eigenvalue weighted by atomic mass is 10.1. The molecule has 5 rings (SSSR count). The highest BCUT2D eigenvalue weighted by Gasteiger charge is 2.28. The Morgan fingerprint density at radius 2 is 1.91 bits per heavy atom. The van der Waals surface area contributed by atoms with Gasteiger partial charge in [0.05, 0.1) is 18.0 Å². The van der Waals surface area contributed by atoms with Gasteiger partial charge >= 0.3 is 0 Å². The molecule has 4 aromatic rings. The van der Waals surface area contributed by atoms with Gasteiger partial charge in [-0.3, -0.25) is 0 Å². The molecular formula is C24H24N2O6S. The van der Waals surface area contributed by atoms with Crippen molar-refractivity contribution in [3.05, 3.63) is 66.2 Å². The van der Waals surface area contributed by atoms with Crippen molar-refractivity contribution in [3.8, 4) is 11.5 Å². The average molecular weight is 469 g/mol. The van der Waals surface area contributed by atoms with Gasteiger partial charge in [-0.15, -0.1) is 0 Å². The SMILES string of the molecule is CS(=O)(=O)N1COc2ccc(C(O)CNCCOc3ccc4c(c3)oc3ccccc34)cc21. The number of sulfonamides is 1. The monoisotopic (exact) mass is 468 g/mol. The molecule has 1 aliphatic rings. The number of aliphatic hydroxyl groups is 1.